The summed E-state index contributed by atoms with van der Waals surface area (Å²) in [5, 5.41) is 0. The predicted molar refractivity (Wildman–Crippen MR) is 50.9 cm³/mol. The van der Waals surface area contributed by atoms with Crippen molar-refractivity contribution in [2.45, 2.75) is 33.1 Å². The number of hydrogen-bond acceptors (Lipinski definition) is 1. The number of hydrogen-bond donors (Lipinski definition) is 0. The minimum atomic E-state index is 0.154. The average molecular weight is 164 g/mol. The third-order valence-electron chi connectivity index (χ3n) is 2.28. The molecule has 1 aliphatic carbocycles. The fourth-order valence-corrected chi connectivity index (χ4v) is 1.43. The Hall–Kier alpha value is -0.850. The van der Waals surface area contributed by atoms with Gasteiger partial charge in [-0.3, -0.25) is 4.79 Å². The molecule has 0 aromatic rings. The molecular weight excluding hydrogens is 148 g/mol. The van der Waals surface area contributed by atoms with Crippen molar-refractivity contribution >= 4 is 5.78 Å². The van der Waals surface area contributed by atoms with E-state index in [1.807, 2.05) is 6.08 Å². The highest BCUT2D eigenvalue weighted by atomic mass is 16.1. The fourth-order valence-electron chi connectivity index (χ4n) is 1.43. The van der Waals surface area contributed by atoms with Gasteiger partial charge in [-0.2, -0.15) is 0 Å². The first-order chi connectivity index (χ1) is 5.68. The van der Waals surface area contributed by atoms with E-state index in [1.54, 1.807) is 13.0 Å². The molecule has 1 heteroatoms. The highest BCUT2D eigenvalue weighted by Gasteiger charge is 2.08. The molecule has 0 N–H and O–H groups in total. The van der Waals surface area contributed by atoms with Gasteiger partial charge in [0.1, 0.15) is 0 Å². The fraction of sp³-hybridized carbons (Fsp3) is 0.545. The SMILES string of the molecule is CC(=O)/C=C\C1CC=C(C)CC1. The largest absolute Gasteiger partial charge is 0.295 e. The lowest BCUT2D eigenvalue weighted by Gasteiger charge is -2.16. The van der Waals surface area contributed by atoms with Crippen LogP contribution in [0.2, 0.25) is 0 Å². The highest BCUT2D eigenvalue weighted by molar-refractivity contribution is 5.87. The molecule has 0 bridgehead atoms. The third-order valence-corrected chi connectivity index (χ3v) is 2.28. The van der Waals surface area contributed by atoms with E-state index in [9.17, 15) is 4.79 Å². The van der Waals surface area contributed by atoms with Crippen LogP contribution < -0.4 is 0 Å². The topological polar surface area (TPSA) is 17.1 Å². The molecule has 0 radical (unpaired) electrons. The van der Waals surface area contributed by atoms with E-state index in [2.05, 4.69) is 13.0 Å². The lowest BCUT2D eigenvalue weighted by atomic mass is 9.90. The van der Waals surface area contributed by atoms with Gasteiger partial charge in [0.05, 0.1) is 0 Å². The van der Waals surface area contributed by atoms with Crippen molar-refractivity contribution in [3.63, 3.8) is 0 Å². The van der Waals surface area contributed by atoms with E-state index >= 15 is 0 Å². The minimum absolute atomic E-state index is 0.154. The molecule has 0 saturated carbocycles. The van der Waals surface area contributed by atoms with Gasteiger partial charge in [0.2, 0.25) is 0 Å². The molecule has 0 aliphatic heterocycles. The van der Waals surface area contributed by atoms with Crippen LogP contribution in [0.1, 0.15) is 33.1 Å². The Morgan fingerprint density at radius 3 is 2.92 bits per heavy atom. The lowest BCUT2D eigenvalue weighted by Crippen LogP contribution is -2.01. The van der Waals surface area contributed by atoms with Crippen LogP contribution in [0.25, 0.3) is 0 Å². The van der Waals surface area contributed by atoms with Crippen molar-refractivity contribution in [3.8, 4) is 0 Å². The van der Waals surface area contributed by atoms with Crippen LogP contribution in [0.15, 0.2) is 23.8 Å². The maximum atomic E-state index is 10.6. The predicted octanol–water partition coefficient (Wildman–Crippen LogP) is 2.88. The van der Waals surface area contributed by atoms with E-state index in [4.69, 9.17) is 0 Å². The summed E-state index contributed by atoms with van der Waals surface area (Å²) >= 11 is 0. The Labute approximate surface area is 74.2 Å². The molecule has 1 atom stereocenters. The normalized spacial score (nSPS) is 24.2. The minimum Gasteiger partial charge on any atom is -0.295 e. The lowest BCUT2D eigenvalue weighted by molar-refractivity contribution is -0.112. The zero-order chi connectivity index (χ0) is 8.97. The second-order valence-electron chi connectivity index (χ2n) is 3.55. The van der Waals surface area contributed by atoms with Crippen molar-refractivity contribution in [2.24, 2.45) is 5.92 Å². The Bertz CT molecular complexity index is 223. The van der Waals surface area contributed by atoms with Crippen molar-refractivity contribution in [1.29, 1.82) is 0 Å². The number of allylic oxidation sites excluding steroid dienone is 4. The summed E-state index contributed by atoms with van der Waals surface area (Å²) in [6.45, 7) is 3.77. The summed E-state index contributed by atoms with van der Waals surface area (Å²) in [5.41, 5.74) is 1.49. The number of carbonyl (C=O) groups excluding carboxylic acids is 1. The van der Waals surface area contributed by atoms with Crippen LogP contribution in [0.5, 0.6) is 0 Å². The molecule has 1 rings (SSSR count). The molecule has 66 valence electrons. The summed E-state index contributed by atoms with van der Waals surface area (Å²) in [7, 11) is 0. The Morgan fingerprint density at radius 1 is 1.67 bits per heavy atom. The summed E-state index contributed by atoms with van der Waals surface area (Å²) in [6, 6.07) is 0. The molecule has 0 amide bonds. The maximum Gasteiger partial charge on any atom is 0.152 e. The van der Waals surface area contributed by atoms with Crippen LogP contribution >= 0.6 is 0 Å². The molecule has 0 heterocycles. The smallest absolute Gasteiger partial charge is 0.152 e. The zero-order valence-electron chi connectivity index (χ0n) is 7.84. The molecule has 1 nitrogen and oxygen atoms in total. The van der Waals surface area contributed by atoms with Gasteiger partial charge in [-0.15, -0.1) is 0 Å². The second-order valence-corrected chi connectivity index (χ2v) is 3.55. The first kappa shape index (κ1) is 9.24. The van der Waals surface area contributed by atoms with Crippen LogP contribution in [0.3, 0.4) is 0 Å². The van der Waals surface area contributed by atoms with E-state index in [-0.39, 0.29) is 5.78 Å². The number of ketones is 1. The molecule has 0 aromatic carbocycles. The van der Waals surface area contributed by atoms with Crippen LogP contribution in [0.4, 0.5) is 0 Å². The number of rotatable bonds is 2. The number of carbonyl (C=O) groups is 1. The first-order valence-electron chi connectivity index (χ1n) is 4.53. The summed E-state index contributed by atoms with van der Waals surface area (Å²) in [5.74, 6) is 0.749. The van der Waals surface area contributed by atoms with E-state index in [0.717, 1.165) is 6.42 Å². The molecule has 0 saturated heterocycles. The quantitative estimate of drug-likeness (QED) is 0.453. The first-order valence-corrected chi connectivity index (χ1v) is 4.53. The van der Waals surface area contributed by atoms with Crippen molar-refractivity contribution in [3.05, 3.63) is 23.8 Å². The van der Waals surface area contributed by atoms with Crippen LogP contribution in [0, 0.1) is 5.92 Å². The molecule has 12 heavy (non-hydrogen) atoms. The molecule has 0 spiro atoms. The van der Waals surface area contributed by atoms with E-state index in [1.165, 1.54) is 18.4 Å². The van der Waals surface area contributed by atoms with Gasteiger partial charge < -0.3 is 0 Å². The molecular formula is C11H16O. The molecule has 0 fully saturated rings. The highest BCUT2D eigenvalue weighted by Crippen LogP contribution is 2.23. The van der Waals surface area contributed by atoms with Gasteiger partial charge in [-0.25, -0.2) is 0 Å². The van der Waals surface area contributed by atoms with Gasteiger partial charge in [-0.05, 0) is 45.1 Å². The van der Waals surface area contributed by atoms with Gasteiger partial charge in [-0.1, -0.05) is 17.7 Å². The van der Waals surface area contributed by atoms with Crippen LogP contribution in [-0.2, 0) is 4.79 Å². The van der Waals surface area contributed by atoms with Gasteiger partial charge in [0.15, 0.2) is 5.78 Å². The molecule has 1 aliphatic rings. The van der Waals surface area contributed by atoms with Crippen molar-refractivity contribution in [1.82, 2.24) is 0 Å². The van der Waals surface area contributed by atoms with Crippen molar-refractivity contribution in [2.75, 3.05) is 0 Å². The van der Waals surface area contributed by atoms with E-state index in [0.29, 0.717) is 5.92 Å². The monoisotopic (exact) mass is 164 g/mol. The van der Waals surface area contributed by atoms with Crippen molar-refractivity contribution < 1.29 is 4.79 Å². The Balaban J connectivity index is 2.42. The maximum absolute atomic E-state index is 10.6. The average Bonchev–Trinajstić information content (AvgIpc) is 2.03. The second kappa shape index (κ2) is 4.24. The van der Waals surface area contributed by atoms with Gasteiger partial charge in [0.25, 0.3) is 0 Å². The van der Waals surface area contributed by atoms with Gasteiger partial charge >= 0.3 is 0 Å². The standard InChI is InChI=1S/C11H16O/c1-9-3-6-11(7-4-9)8-5-10(2)12/h3,5,8,11H,4,6-7H2,1-2H3/b8-5-. The summed E-state index contributed by atoms with van der Waals surface area (Å²) in [4.78, 5) is 10.6. The third kappa shape index (κ3) is 3.04. The Kier molecular flexibility index (Phi) is 3.27. The summed E-state index contributed by atoms with van der Waals surface area (Å²) in [6.07, 6.45) is 9.51. The zero-order valence-corrected chi connectivity index (χ0v) is 7.84. The molecule has 0 aromatic heterocycles. The van der Waals surface area contributed by atoms with Crippen LogP contribution in [-0.4, -0.2) is 5.78 Å². The molecule has 1 unspecified atom stereocenters. The van der Waals surface area contributed by atoms with E-state index < -0.39 is 0 Å². The van der Waals surface area contributed by atoms with Gasteiger partial charge in [0, 0.05) is 0 Å². The Morgan fingerprint density at radius 2 is 2.42 bits per heavy atom. The summed E-state index contributed by atoms with van der Waals surface area (Å²) < 4.78 is 0.